The number of pyridine rings is 1. The molecule has 0 aliphatic rings. The predicted octanol–water partition coefficient (Wildman–Crippen LogP) is 3.06. The quantitative estimate of drug-likeness (QED) is 0.837. The Balaban J connectivity index is 2.73. The van der Waals surface area contributed by atoms with Gasteiger partial charge in [0.15, 0.2) is 0 Å². The number of fused-ring (bicyclic) bond motifs is 1. The molecule has 0 saturated heterocycles. The van der Waals surface area contributed by atoms with Crippen molar-refractivity contribution in [3.05, 3.63) is 41.6 Å². The van der Waals surface area contributed by atoms with Crippen LogP contribution in [0.25, 0.3) is 10.9 Å². The van der Waals surface area contributed by atoms with Crippen LogP contribution in [0.3, 0.4) is 0 Å². The van der Waals surface area contributed by atoms with Crippen LogP contribution in [-0.4, -0.2) is 16.1 Å². The zero-order valence-electron chi connectivity index (χ0n) is 9.27. The number of rotatable bonds is 2. The van der Waals surface area contributed by atoms with Crippen LogP contribution in [0.15, 0.2) is 30.3 Å². The van der Waals surface area contributed by atoms with Crippen molar-refractivity contribution in [3.63, 3.8) is 0 Å². The number of carboxylic acid groups (broad SMARTS) is 1. The molecule has 1 aromatic heterocycles. The molecule has 0 radical (unpaired) electrons. The van der Waals surface area contributed by atoms with Crippen LogP contribution in [0, 0.1) is 0 Å². The summed E-state index contributed by atoms with van der Waals surface area (Å²) in [5.41, 5.74) is 1.75. The molecule has 0 saturated carbocycles. The SMILES string of the molecule is CC(C)c1ccc2cccc(C(=O)O)c2n1. The maximum atomic E-state index is 11.1. The molecule has 0 fully saturated rings. The van der Waals surface area contributed by atoms with Gasteiger partial charge in [-0.25, -0.2) is 4.79 Å². The summed E-state index contributed by atoms with van der Waals surface area (Å²) in [6.07, 6.45) is 0. The molecular formula is C13H13NO2. The molecule has 0 bridgehead atoms. The lowest BCUT2D eigenvalue weighted by molar-refractivity contribution is 0.0699. The lowest BCUT2D eigenvalue weighted by atomic mass is 10.1. The summed E-state index contributed by atoms with van der Waals surface area (Å²) in [5.74, 6) is -0.634. The first-order valence-corrected chi connectivity index (χ1v) is 5.22. The van der Waals surface area contributed by atoms with Gasteiger partial charge in [0.1, 0.15) is 0 Å². The fourth-order valence-corrected chi connectivity index (χ4v) is 1.66. The summed E-state index contributed by atoms with van der Waals surface area (Å²) < 4.78 is 0. The minimum absolute atomic E-state index is 0.264. The Kier molecular flexibility index (Phi) is 2.60. The third-order valence-corrected chi connectivity index (χ3v) is 2.56. The zero-order valence-corrected chi connectivity index (χ0v) is 9.27. The van der Waals surface area contributed by atoms with E-state index in [-0.39, 0.29) is 5.56 Å². The van der Waals surface area contributed by atoms with E-state index in [1.54, 1.807) is 12.1 Å². The van der Waals surface area contributed by atoms with Crippen molar-refractivity contribution < 1.29 is 9.90 Å². The normalized spacial score (nSPS) is 10.9. The minimum atomic E-state index is -0.931. The van der Waals surface area contributed by atoms with Crippen LogP contribution in [0.4, 0.5) is 0 Å². The van der Waals surface area contributed by atoms with E-state index in [0.717, 1.165) is 11.1 Å². The van der Waals surface area contributed by atoms with E-state index in [0.29, 0.717) is 11.4 Å². The van der Waals surface area contributed by atoms with Gasteiger partial charge in [0.2, 0.25) is 0 Å². The van der Waals surface area contributed by atoms with Gasteiger partial charge >= 0.3 is 5.97 Å². The topological polar surface area (TPSA) is 50.2 Å². The molecule has 3 heteroatoms. The van der Waals surface area contributed by atoms with Crippen LogP contribution in [0.1, 0.15) is 35.8 Å². The van der Waals surface area contributed by atoms with E-state index in [1.165, 1.54) is 0 Å². The van der Waals surface area contributed by atoms with Crippen LogP contribution in [0.2, 0.25) is 0 Å². The second-order valence-electron chi connectivity index (χ2n) is 4.07. The lowest BCUT2D eigenvalue weighted by Crippen LogP contribution is -2.01. The maximum Gasteiger partial charge on any atom is 0.337 e. The smallest absolute Gasteiger partial charge is 0.337 e. The van der Waals surface area contributed by atoms with Crippen molar-refractivity contribution in [2.75, 3.05) is 0 Å². The monoisotopic (exact) mass is 215 g/mol. The van der Waals surface area contributed by atoms with Gasteiger partial charge in [-0.1, -0.05) is 32.0 Å². The molecule has 3 nitrogen and oxygen atoms in total. The highest BCUT2D eigenvalue weighted by Gasteiger charge is 2.10. The number of nitrogens with zero attached hydrogens (tertiary/aromatic N) is 1. The molecule has 1 N–H and O–H groups in total. The summed E-state index contributed by atoms with van der Waals surface area (Å²) in [5, 5.41) is 9.94. The summed E-state index contributed by atoms with van der Waals surface area (Å²) >= 11 is 0. The van der Waals surface area contributed by atoms with Gasteiger partial charge in [-0.15, -0.1) is 0 Å². The largest absolute Gasteiger partial charge is 0.478 e. The van der Waals surface area contributed by atoms with E-state index in [4.69, 9.17) is 5.11 Å². The first-order chi connectivity index (χ1) is 7.59. The molecule has 0 atom stereocenters. The van der Waals surface area contributed by atoms with Crippen molar-refractivity contribution in [1.29, 1.82) is 0 Å². The van der Waals surface area contributed by atoms with E-state index in [9.17, 15) is 4.79 Å². The number of hydrogen-bond acceptors (Lipinski definition) is 2. The van der Waals surface area contributed by atoms with E-state index in [2.05, 4.69) is 4.98 Å². The average molecular weight is 215 g/mol. The van der Waals surface area contributed by atoms with Crippen LogP contribution in [0.5, 0.6) is 0 Å². The minimum Gasteiger partial charge on any atom is -0.478 e. The molecule has 0 aliphatic carbocycles. The lowest BCUT2D eigenvalue weighted by Gasteiger charge is -2.07. The molecule has 1 aromatic carbocycles. The van der Waals surface area contributed by atoms with E-state index >= 15 is 0 Å². The average Bonchev–Trinajstić information content (AvgIpc) is 2.27. The second-order valence-corrected chi connectivity index (χ2v) is 4.07. The van der Waals surface area contributed by atoms with Gasteiger partial charge in [0.05, 0.1) is 11.1 Å². The second kappa shape index (κ2) is 3.93. The fraction of sp³-hybridized carbons (Fsp3) is 0.231. The van der Waals surface area contributed by atoms with Gasteiger partial charge in [0.25, 0.3) is 0 Å². The van der Waals surface area contributed by atoms with E-state index < -0.39 is 5.97 Å². The Labute approximate surface area is 93.7 Å². The molecular weight excluding hydrogens is 202 g/mol. The number of para-hydroxylation sites is 1. The first-order valence-electron chi connectivity index (χ1n) is 5.22. The predicted molar refractivity (Wildman–Crippen MR) is 62.8 cm³/mol. The van der Waals surface area contributed by atoms with Crippen molar-refractivity contribution in [2.24, 2.45) is 0 Å². The number of carbonyl (C=O) groups is 1. The zero-order chi connectivity index (χ0) is 11.7. The van der Waals surface area contributed by atoms with Crippen LogP contribution < -0.4 is 0 Å². The first kappa shape index (κ1) is 10.6. The third-order valence-electron chi connectivity index (χ3n) is 2.56. The molecule has 2 aromatic rings. The summed E-state index contributed by atoms with van der Waals surface area (Å²) in [6.45, 7) is 4.08. The highest BCUT2D eigenvalue weighted by atomic mass is 16.4. The van der Waals surface area contributed by atoms with Crippen molar-refractivity contribution in [3.8, 4) is 0 Å². The highest BCUT2D eigenvalue weighted by molar-refractivity contribution is 6.01. The summed E-state index contributed by atoms with van der Waals surface area (Å²) in [6, 6.07) is 9.06. The standard InChI is InChI=1S/C13H13NO2/c1-8(2)11-7-6-9-4-3-5-10(13(15)16)12(9)14-11/h3-8H,1-2H3,(H,15,16). The molecule has 0 aliphatic heterocycles. The Hall–Kier alpha value is -1.90. The molecule has 0 spiro atoms. The fourth-order valence-electron chi connectivity index (χ4n) is 1.66. The number of aromatic carboxylic acids is 1. The molecule has 82 valence electrons. The Morgan fingerprint density at radius 2 is 2.00 bits per heavy atom. The van der Waals surface area contributed by atoms with Crippen LogP contribution >= 0.6 is 0 Å². The third kappa shape index (κ3) is 1.76. The van der Waals surface area contributed by atoms with Crippen molar-refractivity contribution in [2.45, 2.75) is 19.8 Å². The maximum absolute atomic E-state index is 11.1. The number of benzene rings is 1. The van der Waals surface area contributed by atoms with Gasteiger partial charge in [0, 0.05) is 11.1 Å². The molecule has 0 amide bonds. The Bertz CT molecular complexity index is 547. The Morgan fingerprint density at radius 3 is 2.62 bits per heavy atom. The number of hydrogen-bond donors (Lipinski definition) is 1. The van der Waals surface area contributed by atoms with Gasteiger partial charge in [-0.3, -0.25) is 4.98 Å². The van der Waals surface area contributed by atoms with Crippen molar-refractivity contribution in [1.82, 2.24) is 4.98 Å². The summed E-state index contributed by atoms with van der Waals surface area (Å²) in [7, 11) is 0. The molecule has 16 heavy (non-hydrogen) atoms. The van der Waals surface area contributed by atoms with Gasteiger partial charge in [-0.2, -0.15) is 0 Å². The Morgan fingerprint density at radius 1 is 1.25 bits per heavy atom. The number of carboxylic acids is 1. The van der Waals surface area contributed by atoms with Gasteiger partial charge in [-0.05, 0) is 18.1 Å². The van der Waals surface area contributed by atoms with E-state index in [1.807, 2.05) is 32.0 Å². The summed E-state index contributed by atoms with van der Waals surface area (Å²) in [4.78, 5) is 15.5. The molecule has 0 unspecified atom stereocenters. The highest BCUT2D eigenvalue weighted by Crippen LogP contribution is 2.20. The molecule has 2 rings (SSSR count). The number of aromatic nitrogens is 1. The van der Waals surface area contributed by atoms with Crippen LogP contribution in [-0.2, 0) is 0 Å². The van der Waals surface area contributed by atoms with Crippen molar-refractivity contribution >= 4 is 16.9 Å². The van der Waals surface area contributed by atoms with Gasteiger partial charge < -0.3 is 5.11 Å². The molecule has 1 heterocycles.